The molecule has 0 unspecified atom stereocenters. The zero-order chi connectivity index (χ0) is 11.3. The number of carbonyl (C=O) groups is 1. The molecule has 1 amide bonds. The van der Waals surface area contributed by atoms with Gasteiger partial charge in [0.1, 0.15) is 6.04 Å². The van der Waals surface area contributed by atoms with E-state index in [1.54, 1.807) is 24.1 Å². The SMILES string of the molecule is CN(C)C(=O)[C@@H]1CCCN1OCCCO. The molecule has 1 N–H and O–H groups in total. The van der Waals surface area contributed by atoms with Crippen LogP contribution >= 0.6 is 0 Å². The number of aliphatic hydroxyl groups excluding tert-OH is 1. The van der Waals surface area contributed by atoms with Crippen molar-refractivity contribution in [1.29, 1.82) is 0 Å². The smallest absolute Gasteiger partial charge is 0.241 e. The second kappa shape index (κ2) is 6.05. The molecule has 5 nitrogen and oxygen atoms in total. The van der Waals surface area contributed by atoms with Crippen LogP contribution in [0.25, 0.3) is 0 Å². The largest absolute Gasteiger partial charge is 0.396 e. The van der Waals surface area contributed by atoms with E-state index in [1.807, 2.05) is 0 Å². The Morgan fingerprint density at radius 3 is 2.93 bits per heavy atom. The molecule has 0 radical (unpaired) electrons. The van der Waals surface area contributed by atoms with Crippen LogP contribution < -0.4 is 0 Å². The van der Waals surface area contributed by atoms with Crippen LogP contribution in [0.15, 0.2) is 0 Å². The van der Waals surface area contributed by atoms with E-state index >= 15 is 0 Å². The van der Waals surface area contributed by atoms with Crippen molar-refractivity contribution in [2.24, 2.45) is 0 Å². The Morgan fingerprint density at radius 2 is 2.33 bits per heavy atom. The summed E-state index contributed by atoms with van der Waals surface area (Å²) in [5, 5.41) is 10.4. The highest BCUT2D eigenvalue weighted by molar-refractivity contribution is 5.81. The number of amides is 1. The number of aliphatic hydroxyl groups is 1. The lowest BCUT2D eigenvalue weighted by atomic mass is 10.2. The van der Waals surface area contributed by atoms with Gasteiger partial charge in [0.2, 0.25) is 5.91 Å². The third-order valence-electron chi connectivity index (χ3n) is 2.49. The van der Waals surface area contributed by atoms with Gasteiger partial charge in [0.05, 0.1) is 6.61 Å². The fourth-order valence-electron chi connectivity index (χ4n) is 1.69. The normalized spacial score (nSPS) is 21.9. The Bertz CT molecular complexity index is 209. The average Bonchev–Trinajstić information content (AvgIpc) is 2.65. The second-order valence-corrected chi connectivity index (χ2v) is 3.94. The van der Waals surface area contributed by atoms with E-state index in [9.17, 15) is 4.79 Å². The van der Waals surface area contributed by atoms with E-state index in [0.29, 0.717) is 13.0 Å². The van der Waals surface area contributed by atoms with Crippen molar-refractivity contribution >= 4 is 5.91 Å². The molecule has 1 aliphatic heterocycles. The van der Waals surface area contributed by atoms with Gasteiger partial charge in [-0.2, -0.15) is 5.06 Å². The molecule has 1 saturated heterocycles. The summed E-state index contributed by atoms with van der Waals surface area (Å²) in [7, 11) is 3.51. The molecule has 88 valence electrons. The monoisotopic (exact) mass is 216 g/mol. The van der Waals surface area contributed by atoms with Gasteiger partial charge in [-0.3, -0.25) is 9.63 Å². The molecule has 0 aromatic heterocycles. The first-order chi connectivity index (χ1) is 7.16. The maximum Gasteiger partial charge on any atom is 0.241 e. The number of hydroxylamine groups is 2. The van der Waals surface area contributed by atoms with Gasteiger partial charge in [0.15, 0.2) is 0 Å². The van der Waals surface area contributed by atoms with E-state index in [4.69, 9.17) is 9.94 Å². The summed E-state index contributed by atoms with van der Waals surface area (Å²) in [4.78, 5) is 18.8. The fourth-order valence-corrected chi connectivity index (χ4v) is 1.69. The number of likely N-dealkylation sites (N-methyl/N-ethyl adjacent to an activating group) is 1. The molecule has 0 saturated carbocycles. The van der Waals surface area contributed by atoms with Crippen LogP contribution in [-0.4, -0.2) is 60.9 Å². The van der Waals surface area contributed by atoms with E-state index in [-0.39, 0.29) is 18.6 Å². The van der Waals surface area contributed by atoms with Crippen LogP contribution in [-0.2, 0) is 9.63 Å². The lowest BCUT2D eigenvalue weighted by Crippen LogP contribution is -2.42. The molecule has 1 rings (SSSR count). The summed E-state index contributed by atoms with van der Waals surface area (Å²) < 4.78 is 0. The third-order valence-corrected chi connectivity index (χ3v) is 2.49. The van der Waals surface area contributed by atoms with Gasteiger partial charge in [-0.25, -0.2) is 0 Å². The minimum atomic E-state index is -0.140. The number of carbonyl (C=O) groups excluding carboxylic acids is 1. The van der Waals surface area contributed by atoms with E-state index in [2.05, 4.69) is 0 Å². The highest BCUT2D eigenvalue weighted by Crippen LogP contribution is 2.18. The summed E-state index contributed by atoms with van der Waals surface area (Å²) >= 11 is 0. The lowest BCUT2D eigenvalue weighted by Gasteiger charge is -2.25. The van der Waals surface area contributed by atoms with Crippen LogP contribution in [0.5, 0.6) is 0 Å². The van der Waals surface area contributed by atoms with E-state index in [0.717, 1.165) is 19.4 Å². The molecule has 5 heteroatoms. The zero-order valence-corrected chi connectivity index (χ0v) is 9.48. The summed E-state index contributed by atoms with van der Waals surface area (Å²) in [6, 6.07) is -0.140. The van der Waals surface area contributed by atoms with Crippen LogP contribution in [0.2, 0.25) is 0 Å². The van der Waals surface area contributed by atoms with Crippen LogP contribution in [0.3, 0.4) is 0 Å². The molecule has 0 aliphatic carbocycles. The zero-order valence-electron chi connectivity index (χ0n) is 9.48. The van der Waals surface area contributed by atoms with Gasteiger partial charge in [-0.15, -0.1) is 0 Å². The van der Waals surface area contributed by atoms with Gasteiger partial charge in [-0.05, 0) is 19.3 Å². The maximum absolute atomic E-state index is 11.7. The van der Waals surface area contributed by atoms with Gasteiger partial charge < -0.3 is 10.0 Å². The van der Waals surface area contributed by atoms with Gasteiger partial charge in [-0.1, -0.05) is 0 Å². The third kappa shape index (κ3) is 3.44. The van der Waals surface area contributed by atoms with Crippen molar-refractivity contribution in [3.63, 3.8) is 0 Å². The first-order valence-corrected chi connectivity index (χ1v) is 5.38. The summed E-state index contributed by atoms with van der Waals surface area (Å²) in [6.07, 6.45) is 2.46. The molecule has 0 bridgehead atoms. The molecular weight excluding hydrogens is 196 g/mol. The second-order valence-electron chi connectivity index (χ2n) is 3.94. The Kier molecular flexibility index (Phi) is 5.01. The molecule has 15 heavy (non-hydrogen) atoms. The Labute approximate surface area is 90.6 Å². The first-order valence-electron chi connectivity index (χ1n) is 5.38. The van der Waals surface area contributed by atoms with Gasteiger partial charge in [0.25, 0.3) is 0 Å². The van der Waals surface area contributed by atoms with Gasteiger partial charge in [0, 0.05) is 27.2 Å². The molecule has 1 atom stereocenters. The summed E-state index contributed by atoms with van der Waals surface area (Å²) in [5.74, 6) is 0.0940. The van der Waals surface area contributed by atoms with Crippen molar-refractivity contribution in [3.8, 4) is 0 Å². The first kappa shape index (κ1) is 12.4. The highest BCUT2D eigenvalue weighted by atomic mass is 16.7. The van der Waals surface area contributed by atoms with Crippen molar-refractivity contribution in [1.82, 2.24) is 9.96 Å². The molecule has 0 spiro atoms. The highest BCUT2D eigenvalue weighted by Gasteiger charge is 2.32. The average molecular weight is 216 g/mol. The van der Waals surface area contributed by atoms with Crippen molar-refractivity contribution < 1.29 is 14.7 Å². The Balaban J connectivity index is 2.39. The molecule has 0 aromatic rings. The lowest BCUT2D eigenvalue weighted by molar-refractivity contribution is -0.182. The molecule has 1 heterocycles. The molecule has 1 fully saturated rings. The van der Waals surface area contributed by atoms with Crippen molar-refractivity contribution in [2.75, 3.05) is 33.9 Å². The van der Waals surface area contributed by atoms with Crippen LogP contribution in [0, 0.1) is 0 Å². The number of hydrogen-bond acceptors (Lipinski definition) is 4. The summed E-state index contributed by atoms with van der Waals surface area (Å²) in [6.45, 7) is 1.41. The Morgan fingerprint density at radius 1 is 1.60 bits per heavy atom. The molecule has 1 aliphatic rings. The van der Waals surface area contributed by atoms with Crippen LogP contribution in [0.1, 0.15) is 19.3 Å². The number of hydrogen-bond donors (Lipinski definition) is 1. The van der Waals surface area contributed by atoms with Gasteiger partial charge >= 0.3 is 0 Å². The Hall–Kier alpha value is -0.650. The standard InChI is InChI=1S/C10H20N2O3/c1-11(2)10(14)9-5-3-6-12(9)15-8-4-7-13/h9,13H,3-8H2,1-2H3/t9-/m0/s1. The van der Waals surface area contributed by atoms with Crippen molar-refractivity contribution in [2.45, 2.75) is 25.3 Å². The van der Waals surface area contributed by atoms with Crippen LogP contribution in [0.4, 0.5) is 0 Å². The minimum Gasteiger partial charge on any atom is -0.396 e. The predicted molar refractivity (Wildman–Crippen MR) is 56.1 cm³/mol. The summed E-state index contributed by atoms with van der Waals surface area (Å²) in [5.41, 5.74) is 0. The van der Waals surface area contributed by atoms with E-state index < -0.39 is 0 Å². The molecule has 0 aromatic carbocycles. The minimum absolute atomic E-state index is 0.0940. The number of rotatable bonds is 5. The maximum atomic E-state index is 11.7. The van der Waals surface area contributed by atoms with E-state index in [1.165, 1.54) is 0 Å². The predicted octanol–water partition coefficient (Wildman–Crippen LogP) is -0.147. The van der Waals surface area contributed by atoms with Crippen molar-refractivity contribution in [3.05, 3.63) is 0 Å². The number of nitrogens with zero attached hydrogens (tertiary/aromatic N) is 2. The molecular formula is C10H20N2O3. The fraction of sp³-hybridized carbons (Fsp3) is 0.900. The topological polar surface area (TPSA) is 53.0 Å². The quantitative estimate of drug-likeness (QED) is 0.650.